The minimum atomic E-state index is -0.526. The van der Waals surface area contributed by atoms with Crippen molar-refractivity contribution < 1.29 is 9.59 Å². The third kappa shape index (κ3) is 2.08. The minimum Gasteiger partial charge on any atom is -0.354 e. The second-order valence-corrected chi connectivity index (χ2v) is 5.18. The molecule has 0 saturated heterocycles. The van der Waals surface area contributed by atoms with Crippen LogP contribution in [0.3, 0.4) is 0 Å². The van der Waals surface area contributed by atoms with E-state index in [-0.39, 0.29) is 4.48 Å². The van der Waals surface area contributed by atoms with Crippen LogP contribution in [0.15, 0.2) is 59.1 Å². The van der Waals surface area contributed by atoms with Gasteiger partial charge in [0, 0.05) is 16.8 Å². The number of hydrogen-bond donors (Lipinski definition) is 1. The summed E-state index contributed by atoms with van der Waals surface area (Å²) in [7, 11) is 0. The van der Waals surface area contributed by atoms with E-state index < -0.39 is 11.6 Å². The van der Waals surface area contributed by atoms with E-state index in [0.29, 0.717) is 11.3 Å². The predicted molar refractivity (Wildman–Crippen MR) is 81.7 cm³/mol. The van der Waals surface area contributed by atoms with Crippen molar-refractivity contribution in [1.82, 2.24) is 0 Å². The quantitative estimate of drug-likeness (QED) is 0.857. The molecule has 3 rings (SSSR count). The fourth-order valence-electron chi connectivity index (χ4n) is 2.14. The van der Waals surface area contributed by atoms with Crippen LogP contribution in [0.2, 0.25) is 0 Å². The summed E-state index contributed by atoms with van der Waals surface area (Å²) in [5, 5.41) is 3.20. The molecule has 0 fully saturated rings. The highest BCUT2D eigenvalue weighted by molar-refractivity contribution is 9.12. The maximum atomic E-state index is 12.0. The van der Waals surface area contributed by atoms with Crippen LogP contribution in [0, 0.1) is 0 Å². The van der Waals surface area contributed by atoms with Crippen molar-refractivity contribution in [3.63, 3.8) is 0 Å². The second kappa shape index (κ2) is 5.06. The molecule has 0 spiro atoms. The van der Waals surface area contributed by atoms with E-state index in [1.54, 1.807) is 12.1 Å². The van der Waals surface area contributed by atoms with Crippen molar-refractivity contribution in [3.05, 3.63) is 70.2 Å². The molecule has 0 heterocycles. The fraction of sp³-hybridized carbons (Fsp3) is 0. The molecule has 0 atom stereocenters. The average Bonchev–Trinajstić information content (AvgIpc) is 2.50. The molecule has 98 valence electrons. The van der Waals surface area contributed by atoms with Crippen LogP contribution in [0.25, 0.3) is 5.70 Å². The number of Topliss-reactive ketones (excluding diaryl/α,β-unsaturated/α-hetero) is 2. The zero-order valence-electron chi connectivity index (χ0n) is 10.4. The molecule has 1 N–H and O–H groups in total. The summed E-state index contributed by atoms with van der Waals surface area (Å²) in [5.74, 6) is -1.01. The van der Waals surface area contributed by atoms with E-state index in [4.69, 9.17) is 0 Å². The maximum absolute atomic E-state index is 12.0. The van der Waals surface area contributed by atoms with Gasteiger partial charge in [0.05, 0.1) is 10.2 Å². The molecule has 0 radical (unpaired) electrons. The fourth-order valence-corrected chi connectivity index (χ4v) is 2.63. The first-order valence-corrected chi connectivity index (χ1v) is 6.88. The first-order valence-electron chi connectivity index (χ1n) is 6.09. The number of nitrogens with one attached hydrogen (secondary N) is 1. The lowest BCUT2D eigenvalue weighted by Crippen LogP contribution is -2.23. The Balaban J connectivity index is 2.13. The SMILES string of the molecule is O=C1C(=O)c2ccccc2C(Nc2ccccc2)=C1Br. The predicted octanol–water partition coefficient (Wildman–Crippen LogP) is 3.63. The Morgan fingerprint density at radius 1 is 0.750 bits per heavy atom. The van der Waals surface area contributed by atoms with Gasteiger partial charge in [-0.2, -0.15) is 0 Å². The van der Waals surface area contributed by atoms with E-state index in [1.165, 1.54) is 0 Å². The molecule has 0 bridgehead atoms. The molecule has 20 heavy (non-hydrogen) atoms. The lowest BCUT2D eigenvalue weighted by atomic mass is 9.92. The van der Waals surface area contributed by atoms with Gasteiger partial charge in [0.2, 0.25) is 11.6 Å². The molecule has 4 heteroatoms. The second-order valence-electron chi connectivity index (χ2n) is 4.38. The Morgan fingerprint density at radius 2 is 1.35 bits per heavy atom. The smallest absolute Gasteiger partial charge is 0.242 e. The first-order chi connectivity index (χ1) is 9.68. The maximum Gasteiger partial charge on any atom is 0.242 e. The Kier molecular flexibility index (Phi) is 3.24. The van der Waals surface area contributed by atoms with Crippen LogP contribution in [-0.2, 0) is 4.79 Å². The summed E-state index contributed by atoms with van der Waals surface area (Å²) in [6, 6.07) is 16.6. The molecule has 2 aromatic carbocycles. The van der Waals surface area contributed by atoms with Crippen LogP contribution in [-0.4, -0.2) is 11.6 Å². The average molecular weight is 328 g/mol. The molecule has 0 unspecified atom stereocenters. The largest absolute Gasteiger partial charge is 0.354 e. The van der Waals surface area contributed by atoms with Gasteiger partial charge in [-0.25, -0.2) is 0 Å². The van der Waals surface area contributed by atoms with Gasteiger partial charge in [-0.1, -0.05) is 42.5 Å². The minimum absolute atomic E-state index is 0.269. The first kappa shape index (κ1) is 12.8. The van der Waals surface area contributed by atoms with Gasteiger partial charge < -0.3 is 5.32 Å². The Hall–Kier alpha value is -2.20. The highest BCUT2D eigenvalue weighted by atomic mass is 79.9. The third-order valence-electron chi connectivity index (χ3n) is 3.11. The van der Waals surface area contributed by atoms with Crippen molar-refractivity contribution in [3.8, 4) is 0 Å². The van der Waals surface area contributed by atoms with Crippen LogP contribution in [0.4, 0.5) is 5.69 Å². The molecule has 0 saturated carbocycles. The van der Waals surface area contributed by atoms with Crippen LogP contribution < -0.4 is 5.32 Å². The van der Waals surface area contributed by atoms with Gasteiger partial charge in [-0.05, 0) is 28.1 Å². The number of carbonyl (C=O) groups is 2. The summed E-state index contributed by atoms with van der Waals surface area (Å²) >= 11 is 3.23. The van der Waals surface area contributed by atoms with Crippen LogP contribution >= 0.6 is 15.9 Å². The van der Waals surface area contributed by atoms with E-state index in [0.717, 1.165) is 11.3 Å². The number of anilines is 1. The van der Waals surface area contributed by atoms with Gasteiger partial charge in [0.25, 0.3) is 0 Å². The summed E-state index contributed by atoms with van der Waals surface area (Å²) in [6.45, 7) is 0. The summed E-state index contributed by atoms with van der Waals surface area (Å²) in [5.41, 5.74) is 2.64. The van der Waals surface area contributed by atoms with Crippen molar-refractivity contribution in [1.29, 1.82) is 0 Å². The van der Waals surface area contributed by atoms with E-state index >= 15 is 0 Å². The van der Waals surface area contributed by atoms with Crippen molar-refractivity contribution in [2.75, 3.05) is 5.32 Å². The zero-order chi connectivity index (χ0) is 14.1. The molecule has 0 amide bonds. The lowest BCUT2D eigenvalue weighted by Gasteiger charge is -2.20. The number of para-hydroxylation sites is 1. The molecule has 0 aromatic heterocycles. The van der Waals surface area contributed by atoms with E-state index in [9.17, 15) is 9.59 Å². The number of carbonyl (C=O) groups excluding carboxylic acids is 2. The van der Waals surface area contributed by atoms with Gasteiger partial charge in [-0.3, -0.25) is 9.59 Å². The van der Waals surface area contributed by atoms with Crippen molar-refractivity contribution in [2.45, 2.75) is 0 Å². The molecule has 0 aliphatic heterocycles. The number of halogens is 1. The number of allylic oxidation sites excluding steroid dienone is 1. The molecular formula is C16H10BrNO2. The number of benzene rings is 2. The summed E-state index contributed by atoms with van der Waals surface area (Å²) < 4.78 is 0.269. The zero-order valence-corrected chi connectivity index (χ0v) is 12.0. The van der Waals surface area contributed by atoms with Crippen LogP contribution in [0.5, 0.6) is 0 Å². The lowest BCUT2D eigenvalue weighted by molar-refractivity contribution is -0.111. The monoisotopic (exact) mass is 327 g/mol. The highest BCUT2D eigenvalue weighted by Crippen LogP contribution is 2.33. The van der Waals surface area contributed by atoms with Gasteiger partial charge in [0.15, 0.2) is 0 Å². The molecule has 1 aliphatic carbocycles. The van der Waals surface area contributed by atoms with Gasteiger partial charge in [-0.15, -0.1) is 0 Å². The highest BCUT2D eigenvalue weighted by Gasteiger charge is 2.31. The molecule has 1 aliphatic rings. The van der Waals surface area contributed by atoms with Crippen molar-refractivity contribution >= 4 is 38.9 Å². The normalized spacial score (nSPS) is 14.2. The number of hydrogen-bond acceptors (Lipinski definition) is 3. The number of fused-ring (bicyclic) bond motifs is 1. The standard InChI is InChI=1S/C16H10BrNO2/c17-13-14(18-10-6-2-1-3-7-10)11-8-4-5-9-12(11)15(19)16(13)20/h1-9,18H. The molecular weight excluding hydrogens is 318 g/mol. The van der Waals surface area contributed by atoms with Gasteiger partial charge >= 0.3 is 0 Å². The van der Waals surface area contributed by atoms with Crippen molar-refractivity contribution in [2.24, 2.45) is 0 Å². The third-order valence-corrected chi connectivity index (χ3v) is 3.87. The summed E-state index contributed by atoms with van der Waals surface area (Å²) in [6.07, 6.45) is 0. The number of ketones is 2. The Labute approximate surface area is 124 Å². The molecule has 2 aromatic rings. The Morgan fingerprint density at radius 3 is 2.05 bits per heavy atom. The van der Waals surface area contributed by atoms with Gasteiger partial charge in [0.1, 0.15) is 0 Å². The Bertz CT molecular complexity index is 735. The van der Waals surface area contributed by atoms with E-state index in [1.807, 2.05) is 42.5 Å². The van der Waals surface area contributed by atoms with Crippen LogP contribution in [0.1, 0.15) is 15.9 Å². The number of rotatable bonds is 2. The summed E-state index contributed by atoms with van der Waals surface area (Å²) in [4.78, 5) is 24.0. The topological polar surface area (TPSA) is 46.2 Å². The molecule has 3 nitrogen and oxygen atoms in total. The van der Waals surface area contributed by atoms with E-state index in [2.05, 4.69) is 21.2 Å².